The number of amides is 2. The van der Waals surface area contributed by atoms with Crippen molar-refractivity contribution in [1.82, 2.24) is 5.32 Å². The minimum atomic E-state index is -0.0841. The second-order valence-electron chi connectivity index (χ2n) is 7.52. The van der Waals surface area contributed by atoms with E-state index in [4.69, 9.17) is 0 Å². The summed E-state index contributed by atoms with van der Waals surface area (Å²) in [6, 6.07) is 7.86. The molecule has 1 aromatic carbocycles. The number of carbonyl (C=O) groups is 2. The van der Waals surface area contributed by atoms with Crippen LogP contribution in [0.4, 0.5) is 5.69 Å². The number of aryl methyl sites for hydroxylation is 1. The molecule has 0 saturated carbocycles. The molecule has 1 aromatic rings. The first-order valence-electron chi connectivity index (χ1n) is 9.23. The molecule has 2 amide bonds. The summed E-state index contributed by atoms with van der Waals surface area (Å²) in [6.07, 6.45) is 3.31. The van der Waals surface area contributed by atoms with Gasteiger partial charge in [0.1, 0.15) is 0 Å². The summed E-state index contributed by atoms with van der Waals surface area (Å²) in [4.78, 5) is 25.0. The van der Waals surface area contributed by atoms with Gasteiger partial charge in [0.2, 0.25) is 0 Å². The van der Waals surface area contributed by atoms with E-state index < -0.39 is 0 Å². The number of benzene rings is 1. The van der Waals surface area contributed by atoms with Crippen molar-refractivity contribution in [2.45, 2.75) is 53.0 Å². The van der Waals surface area contributed by atoms with Gasteiger partial charge in [0, 0.05) is 11.7 Å². The number of rotatable bonds is 10. The third kappa shape index (κ3) is 9.87. The van der Waals surface area contributed by atoms with Gasteiger partial charge in [0.15, 0.2) is 13.1 Å². The summed E-state index contributed by atoms with van der Waals surface area (Å²) >= 11 is 0. The van der Waals surface area contributed by atoms with Crippen LogP contribution in [0.2, 0.25) is 0 Å². The van der Waals surface area contributed by atoms with Crippen LogP contribution < -0.4 is 15.5 Å². The number of quaternary nitrogens is 1. The summed E-state index contributed by atoms with van der Waals surface area (Å²) < 4.78 is 0. The molecule has 0 aromatic heterocycles. The van der Waals surface area contributed by atoms with E-state index in [9.17, 15) is 9.59 Å². The van der Waals surface area contributed by atoms with E-state index >= 15 is 0 Å². The van der Waals surface area contributed by atoms with Crippen LogP contribution >= 0.6 is 0 Å². The van der Waals surface area contributed by atoms with E-state index in [2.05, 4.69) is 24.5 Å². The highest BCUT2D eigenvalue weighted by atomic mass is 16.2. The maximum atomic E-state index is 12.1. The van der Waals surface area contributed by atoms with Gasteiger partial charge in [-0.25, -0.2) is 0 Å². The topological polar surface area (TPSA) is 62.6 Å². The Labute approximate surface area is 152 Å². The molecule has 1 rings (SSSR count). The van der Waals surface area contributed by atoms with Crippen LogP contribution in [0.5, 0.6) is 0 Å². The molecule has 0 radical (unpaired) electrons. The first kappa shape index (κ1) is 21.2. The molecule has 0 aliphatic heterocycles. The van der Waals surface area contributed by atoms with Gasteiger partial charge < -0.3 is 15.5 Å². The van der Waals surface area contributed by atoms with Gasteiger partial charge >= 0.3 is 0 Å². The van der Waals surface area contributed by atoms with Gasteiger partial charge in [-0.05, 0) is 38.3 Å². The van der Waals surface area contributed by atoms with Crippen molar-refractivity contribution in [2.75, 3.05) is 25.5 Å². The quantitative estimate of drug-likeness (QED) is 0.603. The Morgan fingerprint density at radius 2 is 1.60 bits per heavy atom. The average molecular weight is 349 g/mol. The van der Waals surface area contributed by atoms with E-state index in [-0.39, 0.29) is 24.4 Å². The lowest BCUT2D eigenvalue weighted by Gasteiger charge is -2.17. The van der Waals surface area contributed by atoms with Gasteiger partial charge in [-0.15, -0.1) is 0 Å². The normalized spacial score (nSPS) is 13.4. The smallest absolute Gasteiger partial charge is 0.279 e. The third-order valence-corrected chi connectivity index (χ3v) is 4.09. The zero-order valence-electron chi connectivity index (χ0n) is 16.3. The molecule has 25 heavy (non-hydrogen) atoms. The Morgan fingerprint density at radius 1 is 1.00 bits per heavy atom. The van der Waals surface area contributed by atoms with Gasteiger partial charge in [-0.1, -0.05) is 44.4 Å². The Bertz CT molecular complexity index is 540. The molecule has 5 heteroatoms. The number of carbonyl (C=O) groups excluding carboxylic acids is 2. The molecule has 3 N–H and O–H groups in total. The van der Waals surface area contributed by atoms with Gasteiger partial charge in [-0.3, -0.25) is 9.59 Å². The molecule has 0 bridgehead atoms. The number of hydrogen-bond acceptors (Lipinski definition) is 2. The van der Waals surface area contributed by atoms with Crippen LogP contribution in [0.1, 0.15) is 45.6 Å². The standard InChI is InChI=1S/C20H33N3O2/c1-15(2)7-6-8-17(4)21-19(24)13-23(5)14-20(25)22-18-11-9-16(3)10-12-18/h9-12,15,17H,6-8,13-14H2,1-5H3,(H,21,24)(H,22,25)/p+1/t17-/m1/s1. The monoisotopic (exact) mass is 348 g/mol. The number of hydrogen-bond donors (Lipinski definition) is 3. The lowest BCUT2D eigenvalue weighted by Crippen LogP contribution is -3.11. The van der Waals surface area contributed by atoms with Crippen LogP contribution in [-0.2, 0) is 9.59 Å². The first-order valence-corrected chi connectivity index (χ1v) is 9.23. The summed E-state index contributed by atoms with van der Waals surface area (Å²) in [5, 5.41) is 5.88. The molecular formula is C20H34N3O2+. The number of nitrogens with one attached hydrogen (secondary N) is 3. The Balaban J connectivity index is 2.27. The Morgan fingerprint density at radius 3 is 2.20 bits per heavy atom. The SMILES string of the molecule is Cc1ccc(NC(=O)C[NH+](C)CC(=O)N[C@H](C)CCCC(C)C)cc1. The summed E-state index contributed by atoms with van der Waals surface area (Å²) in [5.74, 6) is 0.613. The molecule has 2 atom stereocenters. The lowest BCUT2D eigenvalue weighted by atomic mass is 10.0. The fraction of sp³-hybridized carbons (Fsp3) is 0.600. The molecule has 0 fully saturated rings. The second kappa shape index (κ2) is 10.9. The van der Waals surface area contributed by atoms with Gasteiger partial charge in [0.05, 0.1) is 7.05 Å². The van der Waals surface area contributed by atoms with Crippen molar-refractivity contribution >= 4 is 17.5 Å². The Kier molecular flexibility index (Phi) is 9.21. The van der Waals surface area contributed by atoms with E-state index in [0.29, 0.717) is 12.5 Å². The highest BCUT2D eigenvalue weighted by Gasteiger charge is 2.16. The minimum absolute atomic E-state index is 0.00215. The van der Waals surface area contributed by atoms with Crippen LogP contribution in [0.3, 0.4) is 0 Å². The maximum Gasteiger partial charge on any atom is 0.279 e. The van der Waals surface area contributed by atoms with Crippen LogP contribution in [0, 0.1) is 12.8 Å². The molecule has 140 valence electrons. The third-order valence-electron chi connectivity index (χ3n) is 4.09. The van der Waals surface area contributed by atoms with Crippen molar-refractivity contribution in [1.29, 1.82) is 0 Å². The summed E-state index contributed by atoms with van der Waals surface area (Å²) in [7, 11) is 1.86. The molecule has 0 aliphatic carbocycles. The number of likely N-dealkylation sites (N-methyl/N-ethyl adjacent to an activating group) is 1. The highest BCUT2D eigenvalue weighted by Crippen LogP contribution is 2.08. The largest absolute Gasteiger partial charge is 0.349 e. The van der Waals surface area contributed by atoms with Gasteiger partial charge in [0.25, 0.3) is 11.8 Å². The molecule has 5 nitrogen and oxygen atoms in total. The average Bonchev–Trinajstić information content (AvgIpc) is 2.48. The first-order chi connectivity index (χ1) is 11.8. The predicted octanol–water partition coefficient (Wildman–Crippen LogP) is 1.78. The van der Waals surface area contributed by atoms with Crippen molar-refractivity contribution in [3.05, 3.63) is 29.8 Å². The fourth-order valence-corrected chi connectivity index (χ4v) is 2.68. The zero-order valence-corrected chi connectivity index (χ0v) is 16.3. The molecule has 0 saturated heterocycles. The highest BCUT2D eigenvalue weighted by molar-refractivity contribution is 5.91. The second-order valence-corrected chi connectivity index (χ2v) is 7.52. The van der Waals surface area contributed by atoms with Crippen molar-refractivity contribution in [2.24, 2.45) is 5.92 Å². The van der Waals surface area contributed by atoms with E-state index in [0.717, 1.165) is 29.0 Å². The van der Waals surface area contributed by atoms with Crippen LogP contribution in [0.15, 0.2) is 24.3 Å². The molecule has 0 aliphatic rings. The van der Waals surface area contributed by atoms with Gasteiger partial charge in [-0.2, -0.15) is 0 Å². The molecule has 0 spiro atoms. The zero-order chi connectivity index (χ0) is 18.8. The number of anilines is 1. The lowest BCUT2D eigenvalue weighted by molar-refractivity contribution is -0.862. The molecular weight excluding hydrogens is 314 g/mol. The predicted molar refractivity (Wildman–Crippen MR) is 103 cm³/mol. The minimum Gasteiger partial charge on any atom is -0.349 e. The fourth-order valence-electron chi connectivity index (χ4n) is 2.68. The van der Waals surface area contributed by atoms with Crippen molar-refractivity contribution < 1.29 is 14.5 Å². The molecule has 1 unspecified atom stereocenters. The maximum absolute atomic E-state index is 12.1. The summed E-state index contributed by atoms with van der Waals surface area (Å²) in [6.45, 7) is 9.04. The summed E-state index contributed by atoms with van der Waals surface area (Å²) in [5.41, 5.74) is 1.94. The van der Waals surface area contributed by atoms with Crippen molar-refractivity contribution in [3.8, 4) is 0 Å². The van der Waals surface area contributed by atoms with E-state index in [1.165, 1.54) is 6.42 Å². The van der Waals surface area contributed by atoms with Crippen molar-refractivity contribution in [3.63, 3.8) is 0 Å². The Hall–Kier alpha value is -1.88. The van der Waals surface area contributed by atoms with Crippen LogP contribution in [-0.4, -0.2) is 38.0 Å². The molecule has 0 heterocycles. The van der Waals surface area contributed by atoms with E-state index in [1.54, 1.807) is 0 Å². The van der Waals surface area contributed by atoms with Crippen LogP contribution in [0.25, 0.3) is 0 Å². The van der Waals surface area contributed by atoms with E-state index in [1.807, 2.05) is 45.2 Å².